The summed E-state index contributed by atoms with van der Waals surface area (Å²) in [5.41, 5.74) is 1.49. The number of morpholine rings is 1. The van der Waals surface area contributed by atoms with Gasteiger partial charge in [-0.05, 0) is 24.6 Å². The number of carboxylic acids is 1. The fourth-order valence-electron chi connectivity index (χ4n) is 1.90. The number of nitrogens with one attached hydrogen (secondary N) is 1. The molecule has 1 unspecified atom stereocenters. The zero-order valence-corrected chi connectivity index (χ0v) is 11.7. The van der Waals surface area contributed by atoms with Crippen LogP contribution in [0, 0.1) is 6.92 Å². The van der Waals surface area contributed by atoms with Gasteiger partial charge < -0.3 is 20.1 Å². The summed E-state index contributed by atoms with van der Waals surface area (Å²) in [5.74, 6) is -1.07. The van der Waals surface area contributed by atoms with Crippen molar-refractivity contribution in [2.45, 2.75) is 13.0 Å². The van der Waals surface area contributed by atoms with E-state index in [1.807, 2.05) is 13.0 Å². The largest absolute Gasteiger partial charge is 0.479 e. The zero-order chi connectivity index (χ0) is 14.7. The van der Waals surface area contributed by atoms with Gasteiger partial charge in [0.2, 0.25) is 0 Å². The maximum Gasteiger partial charge on any atom is 0.334 e. The zero-order valence-electron chi connectivity index (χ0n) is 10.9. The predicted molar refractivity (Wildman–Crippen MR) is 74.2 cm³/mol. The monoisotopic (exact) mass is 298 g/mol. The molecule has 108 valence electrons. The minimum atomic E-state index is -1.07. The Bertz CT molecular complexity index is 535. The van der Waals surface area contributed by atoms with Gasteiger partial charge in [0.1, 0.15) is 0 Å². The van der Waals surface area contributed by atoms with E-state index in [2.05, 4.69) is 5.32 Å². The molecule has 7 heteroatoms. The highest BCUT2D eigenvalue weighted by molar-refractivity contribution is 6.33. The predicted octanol–water partition coefficient (Wildman–Crippen LogP) is 1.97. The number of hydrogen-bond acceptors (Lipinski definition) is 3. The molecule has 1 aromatic carbocycles. The Morgan fingerprint density at radius 2 is 2.25 bits per heavy atom. The second-order valence-electron chi connectivity index (χ2n) is 4.56. The van der Waals surface area contributed by atoms with Crippen LogP contribution in [0.4, 0.5) is 10.5 Å². The van der Waals surface area contributed by atoms with Crippen LogP contribution >= 0.6 is 11.6 Å². The molecule has 1 atom stereocenters. The van der Waals surface area contributed by atoms with Crippen molar-refractivity contribution < 1.29 is 19.4 Å². The number of anilines is 1. The Balaban J connectivity index is 2.02. The smallest absolute Gasteiger partial charge is 0.334 e. The molecule has 1 aliphatic heterocycles. The number of benzene rings is 1. The summed E-state index contributed by atoms with van der Waals surface area (Å²) in [7, 11) is 0. The van der Waals surface area contributed by atoms with Crippen molar-refractivity contribution >= 4 is 29.3 Å². The Morgan fingerprint density at radius 3 is 2.90 bits per heavy atom. The van der Waals surface area contributed by atoms with Crippen LogP contribution in [0.15, 0.2) is 18.2 Å². The van der Waals surface area contributed by atoms with E-state index >= 15 is 0 Å². The third kappa shape index (κ3) is 3.40. The summed E-state index contributed by atoms with van der Waals surface area (Å²) in [6.45, 7) is 2.46. The van der Waals surface area contributed by atoms with Gasteiger partial charge in [-0.3, -0.25) is 0 Å². The standard InChI is InChI=1S/C13H15ClN2O4/c1-8-2-3-10(9(14)6-8)15-13(19)16-4-5-20-11(7-16)12(17)18/h2-3,6,11H,4-5,7H2,1H3,(H,15,19)(H,17,18). The summed E-state index contributed by atoms with van der Waals surface area (Å²) >= 11 is 6.04. The van der Waals surface area contributed by atoms with Crippen LogP contribution in [0.3, 0.4) is 0 Å². The maximum atomic E-state index is 12.1. The van der Waals surface area contributed by atoms with E-state index in [-0.39, 0.29) is 19.2 Å². The Labute approximate surface area is 121 Å². The molecular formula is C13H15ClN2O4. The number of aryl methyl sites for hydroxylation is 1. The van der Waals surface area contributed by atoms with Crippen molar-refractivity contribution in [3.63, 3.8) is 0 Å². The van der Waals surface area contributed by atoms with Gasteiger partial charge in [0.25, 0.3) is 0 Å². The van der Waals surface area contributed by atoms with Crippen LogP contribution in [0.2, 0.25) is 5.02 Å². The number of ether oxygens (including phenoxy) is 1. The first-order valence-electron chi connectivity index (χ1n) is 6.14. The molecule has 6 nitrogen and oxygen atoms in total. The van der Waals surface area contributed by atoms with Gasteiger partial charge in [-0.15, -0.1) is 0 Å². The summed E-state index contributed by atoms with van der Waals surface area (Å²) in [4.78, 5) is 24.3. The molecule has 1 heterocycles. The number of rotatable bonds is 2. The van der Waals surface area contributed by atoms with Crippen LogP contribution in [0.1, 0.15) is 5.56 Å². The molecule has 1 aromatic rings. The van der Waals surface area contributed by atoms with E-state index in [1.54, 1.807) is 12.1 Å². The quantitative estimate of drug-likeness (QED) is 0.875. The first kappa shape index (κ1) is 14.6. The fraction of sp³-hybridized carbons (Fsp3) is 0.385. The second kappa shape index (κ2) is 6.11. The molecule has 2 amide bonds. The first-order valence-corrected chi connectivity index (χ1v) is 6.51. The number of carbonyl (C=O) groups is 2. The molecule has 1 aliphatic rings. The Hall–Kier alpha value is -1.79. The fourth-order valence-corrected chi connectivity index (χ4v) is 2.18. The lowest BCUT2D eigenvalue weighted by Crippen LogP contribution is -2.49. The molecule has 1 fully saturated rings. The minimum Gasteiger partial charge on any atom is -0.479 e. The average Bonchev–Trinajstić information content (AvgIpc) is 2.42. The summed E-state index contributed by atoms with van der Waals surface area (Å²) in [5, 5.41) is 12.0. The van der Waals surface area contributed by atoms with Crippen LogP contribution in [0.5, 0.6) is 0 Å². The molecule has 0 bridgehead atoms. The van der Waals surface area contributed by atoms with Crippen molar-refractivity contribution in [1.82, 2.24) is 4.90 Å². The van der Waals surface area contributed by atoms with Crippen molar-refractivity contribution in [2.24, 2.45) is 0 Å². The van der Waals surface area contributed by atoms with Crippen LogP contribution in [-0.2, 0) is 9.53 Å². The first-order chi connectivity index (χ1) is 9.47. The SMILES string of the molecule is Cc1ccc(NC(=O)N2CCOC(C(=O)O)C2)c(Cl)c1. The third-order valence-corrected chi connectivity index (χ3v) is 3.31. The van der Waals surface area contributed by atoms with Gasteiger partial charge >= 0.3 is 12.0 Å². The Morgan fingerprint density at radius 1 is 1.50 bits per heavy atom. The molecular weight excluding hydrogens is 284 g/mol. The number of halogens is 1. The third-order valence-electron chi connectivity index (χ3n) is 3.00. The van der Waals surface area contributed by atoms with Crippen molar-refractivity contribution in [2.75, 3.05) is 25.0 Å². The number of aliphatic carboxylic acids is 1. The second-order valence-corrected chi connectivity index (χ2v) is 4.96. The van der Waals surface area contributed by atoms with Gasteiger partial charge in [-0.1, -0.05) is 17.7 Å². The van der Waals surface area contributed by atoms with Gasteiger partial charge in [-0.25, -0.2) is 9.59 Å². The van der Waals surface area contributed by atoms with E-state index in [4.69, 9.17) is 21.4 Å². The number of carboxylic acid groups (broad SMARTS) is 1. The summed E-state index contributed by atoms with van der Waals surface area (Å²) in [6.07, 6.45) is -0.983. The summed E-state index contributed by atoms with van der Waals surface area (Å²) < 4.78 is 5.06. The van der Waals surface area contributed by atoms with E-state index in [9.17, 15) is 9.59 Å². The van der Waals surface area contributed by atoms with Gasteiger partial charge in [0, 0.05) is 6.54 Å². The van der Waals surface area contributed by atoms with Crippen molar-refractivity contribution in [3.8, 4) is 0 Å². The molecule has 0 saturated carbocycles. The lowest BCUT2D eigenvalue weighted by molar-refractivity contribution is -0.154. The van der Waals surface area contributed by atoms with Gasteiger partial charge in [0.05, 0.1) is 23.9 Å². The van der Waals surface area contributed by atoms with E-state index < -0.39 is 12.1 Å². The highest BCUT2D eigenvalue weighted by Gasteiger charge is 2.29. The molecule has 2 rings (SSSR count). The molecule has 0 aliphatic carbocycles. The lowest BCUT2D eigenvalue weighted by atomic mass is 10.2. The van der Waals surface area contributed by atoms with Crippen molar-refractivity contribution in [1.29, 1.82) is 0 Å². The number of nitrogens with zero attached hydrogens (tertiary/aromatic N) is 1. The van der Waals surface area contributed by atoms with Gasteiger partial charge in [-0.2, -0.15) is 0 Å². The van der Waals surface area contributed by atoms with Crippen LogP contribution < -0.4 is 5.32 Å². The topological polar surface area (TPSA) is 78.9 Å². The average molecular weight is 299 g/mol. The molecule has 2 N–H and O–H groups in total. The van der Waals surface area contributed by atoms with E-state index in [1.165, 1.54) is 4.90 Å². The highest BCUT2D eigenvalue weighted by atomic mass is 35.5. The van der Waals surface area contributed by atoms with Gasteiger partial charge in [0.15, 0.2) is 6.10 Å². The number of urea groups is 1. The molecule has 20 heavy (non-hydrogen) atoms. The number of amides is 2. The summed E-state index contributed by atoms with van der Waals surface area (Å²) in [6, 6.07) is 4.91. The van der Waals surface area contributed by atoms with E-state index in [0.29, 0.717) is 17.3 Å². The van der Waals surface area contributed by atoms with Crippen LogP contribution in [0.25, 0.3) is 0 Å². The number of hydrogen-bond donors (Lipinski definition) is 2. The maximum absolute atomic E-state index is 12.1. The lowest BCUT2D eigenvalue weighted by Gasteiger charge is -2.30. The van der Waals surface area contributed by atoms with Crippen molar-refractivity contribution in [3.05, 3.63) is 28.8 Å². The molecule has 0 aromatic heterocycles. The molecule has 0 radical (unpaired) electrons. The van der Waals surface area contributed by atoms with Crippen LogP contribution in [-0.4, -0.2) is 47.8 Å². The van der Waals surface area contributed by atoms with E-state index in [0.717, 1.165) is 5.56 Å². The normalized spacial score (nSPS) is 18.7. The number of carbonyl (C=O) groups excluding carboxylic acids is 1. The molecule has 1 saturated heterocycles. The highest BCUT2D eigenvalue weighted by Crippen LogP contribution is 2.23. The minimum absolute atomic E-state index is 0.0185. The Kier molecular flexibility index (Phi) is 4.46. The molecule has 0 spiro atoms.